The predicted octanol–water partition coefficient (Wildman–Crippen LogP) is 2.41. The minimum Gasteiger partial charge on any atom is -0.406 e. The van der Waals surface area contributed by atoms with Crippen molar-refractivity contribution in [2.45, 2.75) is 25.1 Å². The van der Waals surface area contributed by atoms with E-state index in [4.69, 9.17) is 16.3 Å². The third kappa shape index (κ3) is 3.65. The summed E-state index contributed by atoms with van der Waals surface area (Å²) in [5.74, 6) is -0.249. The summed E-state index contributed by atoms with van der Waals surface area (Å²) >= 11 is 6.12. The second-order valence-electron chi connectivity index (χ2n) is 5.41. The molecular weight excluding hydrogens is 321 g/mol. The van der Waals surface area contributed by atoms with Crippen molar-refractivity contribution in [3.8, 4) is 5.75 Å². The molecule has 22 heavy (non-hydrogen) atoms. The number of halogens is 4. The van der Waals surface area contributed by atoms with Gasteiger partial charge < -0.3 is 14.8 Å². The highest BCUT2D eigenvalue weighted by molar-refractivity contribution is 6.31. The molecule has 2 atom stereocenters. The molecule has 8 heteroatoms. The molecule has 2 saturated heterocycles. The molecule has 0 radical (unpaired) electrons. The van der Waals surface area contributed by atoms with Gasteiger partial charge in [-0.25, -0.2) is 0 Å². The van der Waals surface area contributed by atoms with Gasteiger partial charge in [0.2, 0.25) is 0 Å². The van der Waals surface area contributed by atoms with Gasteiger partial charge in [0.25, 0.3) is 0 Å². The van der Waals surface area contributed by atoms with E-state index in [0.717, 1.165) is 19.6 Å². The van der Waals surface area contributed by atoms with E-state index in [0.29, 0.717) is 23.7 Å². The quantitative estimate of drug-likeness (QED) is 0.919. The average Bonchev–Trinajstić information content (AvgIpc) is 2.90. The molecule has 0 bridgehead atoms. The first-order valence-electron chi connectivity index (χ1n) is 7.03. The summed E-state index contributed by atoms with van der Waals surface area (Å²) in [6.07, 6.45) is -4.58. The van der Waals surface area contributed by atoms with Crippen LogP contribution >= 0.6 is 11.6 Å². The van der Waals surface area contributed by atoms with E-state index in [2.05, 4.69) is 15.0 Å². The van der Waals surface area contributed by atoms with Gasteiger partial charge in [-0.15, -0.1) is 13.2 Å². The molecule has 122 valence electrons. The molecule has 0 aromatic heterocycles. The lowest BCUT2D eigenvalue weighted by Crippen LogP contribution is -2.50. The van der Waals surface area contributed by atoms with Gasteiger partial charge in [0.05, 0.1) is 12.7 Å². The maximum Gasteiger partial charge on any atom is 0.573 e. The number of nitrogens with one attached hydrogen (secondary N) is 1. The number of alkyl halides is 3. The smallest absolute Gasteiger partial charge is 0.406 e. The van der Waals surface area contributed by atoms with Crippen molar-refractivity contribution in [1.82, 2.24) is 10.2 Å². The zero-order chi connectivity index (χ0) is 15.7. The first-order chi connectivity index (χ1) is 10.4. The van der Waals surface area contributed by atoms with Gasteiger partial charge in [-0.2, -0.15) is 0 Å². The number of hydrogen-bond donors (Lipinski definition) is 1. The molecule has 1 aromatic rings. The highest BCUT2D eigenvalue weighted by atomic mass is 35.5. The summed E-state index contributed by atoms with van der Waals surface area (Å²) in [4.78, 5) is 2.19. The van der Waals surface area contributed by atoms with E-state index < -0.39 is 6.36 Å². The van der Waals surface area contributed by atoms with Crippen LogP contribution in [0.3, 0.4) is 0 Å². The summed E-state index contributed by atoms with van der Waals surface area (Å²) in [5, 5.41) is 3.70. The molecular formula is C14H16ClF3N2O2. The van der Waals surface area contributed by atoms with Gasteiger partial charge in [0, 0.05) is 37.2 Å². The Hall–Kier alpha value is -1.02. The largest absolute Gasteiger partial charge is 0.573 e. The second-order valence-corrected chi connectivity index (χ2v) is 5.81. The van der Waals surface area contributed by atoms with Crippen molar-refractivity contribution in [2.24, 2.45) is 0 Å². The van der Waals surface area contributed by atoms with Gasteiger partial charge >= 0.3 is 6.36 Å². The number of fused-ring (bicyclic) bond motifs is 1. The fourth-order valence-corrected chi connectivity index (χ4v) is 3.12. The van der Waals surface area contributed by atoms with E-state index in [-0.39, 0.29) is 17.9 Å². The summed E-state index contributed by atoms with van der Waals surface area (Å²) in [6, 6.07) is 4.22. The van der Waals surface area contributed by atoms with Crippen LogP contribution in [0.15, 0.2) is 18.2 Å². The van der Waals surface area contributed by atoms with Crippen LogP contribution in [0.4, 0.5) is 13.2 Å². The molecule has 0 unspecified atom stereocenters. The highest BCUT2D eigenvalue weighted by Gasteiger charge is 2.36. The number of benzene rings is 1. The Morgan fingerprint density at radius 2 is 2.18 bits per heavy atom. The SMILES string of the molecule is FC(F)(F)Oc1ccc(Cl)c(CN2CCO[C@@H]3CNC[C@@H]32)c1. The van der Waals surface area contributed by atoms with Gasteiger partial charge in [-0.3, -0.25) is 4.90 Å². The molecule has 3 rings (SSSR count). The molecule has 1 aromatic carbocycles. The minimum absolute atomic E-state index is 0.127. The number of ether oxygens (including phenoxy) is 2. The average molecular weight is 337 g/mol. The molecule has 0 amide bonds. The third-order valence-corrected chi connectivity index (χ3v) is 4.30. The molecule has 2 heterocycles. The molecule has 0 saturated carbocycles. The third-order valence-electron chi connectivity index (χ3n) is 3.93. The lowest BCUT2D eigenvalue weighted by Gasteiger charge is -2.37. The Morgan fingerprint density at radius 1 is 1.36 bits per heavy atom. The monoisotopic (exact) mass is 336 g/mol. The summed E-state index contributed by atoms with van der Waals surface area (Å²) in [6.45, 7) is 3.41. The minimum atomic E-state index is -4.70. The van der Waals surface area contributed by atoms with Crippen molar-refractivity contribution >= 4 is 11.6 Å². The van der Waals surface area contributed by atoms with E-state index in [1.54, 1.807) is 0 Å². The van der Waals surface area contributed by atoms with Crippen molar-refractivity contribution < 1.29 is 22.6 Å². The van der Waals surface area contributed by atoms with Crippen LogP contribution in [0, 0.1) is 0 Å². The Morgan fingerprint density at radius 3 is 2.95 bits per heavy atom. The molecule has 2 aliphatic rings. The van der Waals surface area contributed by atoms with Gasteiger partial charge in [-0.1, -0.05) is 11.6 Å². The maximum atomic E-state index is 12.3. The van der Waals surface area contributed by atoms with E-state index in [1.165, 1.54) is 18.2 Å². The summed E-state index contributed by atoms with van der Waals surface area (Å²) < 4.78 is 46.6. The normalized spacial score (nSPS) is 26.0. The lowest BCUT2D eigenvalue weighted by molar-refractivity contribution is -0.274. The van der Waals surface area contributed by atoms with E-state index in [9.17, 15) is 13.2 Å². The van der Waals surface area contributed by atoms with Crippen LogP contribution < -0.4 is 10.1 Å². The Balaban J connectivity index is 1.75. The Kier molecular flexibility index (Phi) is 4.49. The molecule has 2 fully saturated rings. The zero-order valence-electron chi connectivity index (χ0n) is 11.7. The van der Waals surface area contributed by atoms with Crippen molar-refractivity contribution in [1.29, 1.82) is 0 Å². The number of rotatable bonds is 3. The lowest BCUT2D eigenvalue weighted by atomic mass is 10.1. The summed E-state index contributed by atoms with van der Waals surface area (Å²) in [7, 11) is 0. The number of nitrogens with zero attached hydrogens (tertiary/aromatic N) is 1. The van der Waals surface area contributed by atoms with Crippen LogP contribution in [0.5, 0.6) is 5.75 Å². The highest BCUT2D eigenvalue weighted by Crippen LogP contribution is 2.29. The van der Waals surface area contributed by atoms with E-state index >= 15 is 0 Å². The molecule has 4 nitrogen and oxygen atoms in total. The maximum absolute atomic E-state index is 12.3. The van der Waals surface area contributed by atoms with Crippen LogP contribution in [-0.2, 0) is 11.3 Å². The second kappa shape index (κ2) is 6.23. The number of morpholine rings is 1. The van der Waals surface area contributed by atoms with Crippen LogP contribution in [0.1, 0.15) is 5.56 Å². The molecule has 1 N–H and O–H groups in total. The van der Waals surface area contributed by atoms with Gasteiger partial charge in [0.15, 0.2) is 0 Å². The topological polar surface area (TPSA) is 33.7 Å². The van der Waals surface area contributed by atoms with Crippen LogP contribution in [-0.4, -0.2) is 49.6 Å². The van der Waals surface area contributed by atoms with Gasteiger partial charge in [0.1, 0.15) is 5.75 Å². The van der Waals surface area contributed by atoms with E-state index in [1.807, 2.05) is 0 Å². The number of hydrogen-bond acceptors (Lipinski definition) is 4. The summed E-state index contributed by atoms with van der Waals surface area (Å²) in [5.41, 5.74) is 0.621. The molecule has 2 aliphatic heterocycles. The standard InChI is InChI=1S/C14H16ClF3N2O2/c15-11-2-1-10(22-14(16,17)18)5-9(11)8-20-3-4-21-13-7-19-6-12(13)20/h1-2,5,12-13,19H,3-4,6-8H2/t12-,13+/m0/s1. The first kappa shape index (κ1) is 15.9. The van der Waals surface area contributed by atoms with Crippen molar-refractivity contribution in [2.75, 3.05) is 26.2 Å². The fraction of sp³-hybridized carbons (Fsp3) is 0.571. The van der Waals surface area contributed by atoms with Gasteiger partial charge in [-0.05, 0) is 23.8 Å². The fourth-order valence-electron chi connectivity index (χ4n) is 2.95. The molecule has 0 aliphatic carbocycles. The predicted molar refractivity (Wildman–Crippen MR) is 74.9 cm³/mol. The Labute approximate surface area is 131 Å². The van der Waals surface area contributed by atoms with Crippen molar-refractivity contribution in [3.05, 3.63) is 28.8 Å². The molecule has 0 spiro atoms. The first-order valence-corrected chi connectivity index (χ1v) is 7.41. The van der Waals surface area contributed by atoms with Crippen LogP contribution in [0.25, 0.3) is 0 Å². The zero-order valence-corrected chi connectivity index (χ0v) is 12.5. The Bertz CT molecular complexity index is 541. The van der Waals surface area contributed by atoms with Crippen molar-refractivity contribution in [3.63, 3.8) is 0 Å². The van der Waals surface area contributed by atoms with Crippen LogP contribution in [0.2, 0.25) is 5.02 Å².